The zero-order valence-corrected chi connectivity index (χ0v) is 20.6. The molecule has 0 aliphatic carbocycles. The number of benzene rings is 4. The number of amides is 2. The largest absolute Gasteiger partial charge is 0.423 e. The number of nitrogens with zero attached hydrogens (tertiary/aromatic N) is 1. The number of halogens is 1. The second-order valence-electron chi connectivity index (χ2n) is 7.44. The van der Waals surface area contributed by atoms with E-state index in [1.165, 1.54) is 6.21 Å². The van der Waals surface area contributed by atoms with Gasteiger partial charge in [-0.1, -0.05) is 48.5 Å². The number of carbonyl (C=O) groups excluding carboxylic acids is 3. The molecule has 0 spiro atoms. The Morgan fingerprint density at radius 2 is 1.51 bits per heavy atom. The first-order chi connectivity index (χ1) is 17.0. The molecule has 0 atom stereocenters. The first-order valence-electron chi connectivity index (χ1n) is 10.7. The fraction of sp³-hybridized carbons (Fsp3) is 0.0370. The van der Waals surface area contributed by atoms with E-state index in [0.717, 1.165) is 14.3 Å². The number of rotatable bonds is 7. The maximum Gasteiger partial charge on any atom is 0.344 e. The van der Waals surface area contributed by atoms with Crippen molar-refractivity contribution >= 4 is 57.4 Å². The van der Waals surface area contributed by atoms with E-state index in [9.17, 15) is 14.4 Å². The average Bonchev–Trinajstić information content (AvgIpc) is 2.88. The Kier molecular flexibility index (Phi) is 7.84. The van der Waals surface area contributed by atoms with Gasteiger partial charge >= 0.3 is 5.97 Å². The van der Waals surface area contributed by atoms with Gasteiger partial charge in [-0.05, 0) is 81.4 Å². The Balaban J connectivity index is 1.28. The first-order valence-corrected chi connectivity index (χ1v) is 11.7. The highest BCUT2D eigenvalue weighted by atomic mass is 127. The van der Waals surface area contributed by atoms with E-state index in [1.54, 1.807) is 42.5 Å². The number of hydrogen-bond donors (Lipinski definition) is 2. The standard InChI is InChI=1S/C27H20IN3O4/c28-24-11-4-3-9-23(24)26(33)29-17-25(32)31-30-16-18-12-14-20(15-13-18)35-27(34)22-10-5-7-19-6-1-2-8-21(19)22/h1-16H,17H2,(H,29,33)(H,31,32)/b30-16-. The van der Waals surface area contributed by atoms with Crippen LogP contribution in [0.1, 0.15) is 26.3 Å². The van der Waals surface area contributed by atoms with Crippen molar-refractivity contribution in [3.05, 3.63) is 111 Å². The minimum absolute atomic E-state index is 0.204. The summed E-state index contributed by atoms with van der Waals surface area (Å²) >= 11 is 2.06. The minimum atomic E-state index is -0.457. The third kappa shape index (κ3) is 6.30. The van der Waals surface area contributed by atoms with Gasteiger partial charge in [-0.3, -0.25) is 9.59 Å². The molecule has 35 heavy (non-hydrogen) atoms. The van der Waals surface area contributed by atoms with E-state index in [1.807, 2.05) is 48.5 Å². The molecule has 0 saturated heterocycles. The second-order valence-corrected chi connectivity index (χ2v) is 8.60. The highest BCUT2D eigenvalue weighted by Crippen LogP contribution is 2.21. The summed E-state index contributed by atoms with van der Waals surface area (Å²) < 4.78 is 6.31. The normalized spacial score (nSPS) is 10.8. The number of hydrazone groups is 1. The van der Waals surface area contributed by atoms with E-state index in [0.29, 0.717) is 22.4 Å². The average molecular weight is 577 g/mol. The smallest absolute Gasteiger partial charge is 0.344 e. The molecular weight excluding hydrogens is 557 g/mol. The second kappa shape index (κ2) is 11.4. The van der Waals surface area contributed by atoms with Crippen LogP contribution in [0.4, 0.5) is 0 Å². The summed E-state index contributed by atoms with van der Waals surface area (Å²) in [5.74, 6) is -0.839. The van der Waals surface area contributed by atoms with Crippen LogP contribution in [0.2, 0.25) is 0 Å². The highest BCUT2D eigenvalue weighted by molar-refractivity contribution is 14.1. The Morgan fingerprint density at radius 3 is 2.31 bits per heavy atom. The van der Waals surface area contributed by atoms with Crippen molar-refractivity contribution in [2.75, 3.05) is 6.54 Å². The van der Waals surface area contributed by atoms with Crippen LogP contribution in [-0.4, -0.2) is 30.5 Å². The third-order valence-electron chi connectivity index (χ3n) is 5.03. The number of ether oxygens (including phenoxy) is 1. The van der Waals surface area contributed by atoms with Crippen molar-refractivity contribution in [3.8, 4) is 5.75 Å². The predicted octanol–water partition coefficient (Wildman–Crippen LogP) is 4.54. The molecule has 0 unspecified atom stereocenters. The van der Waals surface area contributed by atoms with Gasteiger partial charge in [0.15, 0.2) is 0 Å². The highest BCUT2D eigenvalue weighted by Gasteiger charge is 2.12. The molecule has 0 radical (unpaired) electrons. The zero-order valence-electron chi connectivity index (χ0n) is 18.4. The molecule has 7 nitrogen and oxygen atoms in total. The lowest BCUT2D eigenvalue weighted by Crippen LogP contribution is -2.35. The van der Waals surface area contributed by atoms with Gasteiger partial charge in [-0.25, -0.2) is 10.2 Å². The van der Waals surface area contributed by atoms with Crippen molar-refractivity contribution in [2.24, 2.45) is 5.10 Å². The van der Waals surface area contributed by atoms with Crippen molar-refractivity contribution in [3.63, 3.8) is 0 Å². The van der Waals surface area contributed by atoms with Crippen LogP contribution in [0, 0.1) is 3.57 Å². The topological polar surface area (TPSA) is 96.9 Å². The van der Waals surface area contributed by atoms with Gasteiger partial charge in [-0.15, -0.1) is 0 Å². The lowest BCUT2D eigenvalue weighted by molar-refractivity contribution is -0.120. The minimum Gasteiger partial charge on any atom is -0.423 e. The lowest BCUT2D eigenvalue weighted by Gasteiger charge is -2.07. The van der Waals surface area contributed by atoms with Gasteiger partial charge < -0.3 is 10.1 Å². The van der Waals surface area contributed by atoms with Crippen LogP contribution >= 0.6 is 22.6 Å². The number of esters is 1. The zero-order chi connectivity index (χ0) is 24.6. The van der Waals surface area contributed by atoms with E-state index in [-0.39, 0.29) is 12.5 Å². The number of fused-ring (bicyclic) bond motifs is 1. The molecule has 2 N–H and O–H groups in total. The third-order valence-corrected chi connectivity index (χ3v) is 5.97. The van der Waals surface area contributed by atoms with Crippen LogP contribution in [0.25, 0.3) is 10.8 Å². The van der Waals surface area contributed by atoms with Gasteiger partial charge in [0.05, 0.1) is 23.9 Å². The van der Waals surface area contributed by atoms with Crippen molar-refractivity contribution in [2.45, 2.75) is 0 Å². The molecule has 0 fully saturated rings. The molecule has 0 aromatic heterocycles. The molecule has 0 saturated carbocycles. The molecule has 8 heteroatoms. The van der Waals surface area contributed by atoms with E-state index in [2.05, 4.69) is 38.4 Å². The number of carbonyl (C=O) groups is 3. The van der Waals surface area contributed by atoms with Crippen LogP contribution in [0.15, 0.2) is 96.1 Å². The Morgan fingerprint density at radius 1 is 0.829 bits per heavy atom. The Hall–Kier alpha value is -4.05. The molecule has 0 aliphatic heterocycles. The molecule has 2 amide bonds. The molecule has 174 valence electrons. The summed E-state index contributed by atoms with van der Waals surface area (Å²) in [7, 11) is 0. The Bertz CT molecular complexity index is 1410. The van der Waals surface area contributed by atoms with Crippen molar-refractivity contribution < 1.29 is 19.1 Å². The van der Waals surface area contributed by atoms with E-state index in [4.69, 9.17) is 4.74 Å². The van der Waals surface area contributed by atoms with Crippen LogP contribution in [-0.2, 0) is 4.79 Å². The summed E-state index contributed by atoms with van der Waals surface area (Å²) in [6, 6.07) is 26.9. The number of nitrogens with one attached hydrogen (secondary N) is 2. The van der Waals surface area contributed by atoms with Gasteiger partial charge in [0, 0.05) is 3.57 Å². The summed E-state index contributed by atoms with van der Waals surface area (Å²) in [4.78, 5) is 36.8. The van der Waals surface area contributed by atoms with E-state index < -0.39 is 11.9 Å². The monoisotopic (exact) mass is 577 g/mol. The maximum atomic E-state index is 12.7. The van der Waals surface area contributed by atoms with Crippen molar-refractivity contribution in [1.29, 1.82) is 0 Å². The molecule has 4 aromatic carbocycles. The van der Waals surface area contributed by atoms with Crippen LogP contribution in [0.3, 0.4) is 0 Å². The summed E-state index contributed by atoms with van der Waals surface area (Å²) in [5, 5.41) is 8.25. The van der Waals surface area contributed by atoms with Gasteiger partial charge in [0.25, 0.3) is 11.8 Å². The van der Waals surface area contributed by atoms with Crippen LogP contribution < -0.4 is 15.5 Å². The van der Waals surface area contributed by atoms with Crippen molar-refractivity contribution in [1.82, 2.24) is 10.7 Å². The summed E-state index contributed by atoms with van der Waals surface area (Å²) in [6.07, 6.45) is 1.45. The predicted molar refractivity (Wildman–Crippen MR) is 143 cm³/mol. The molecular formula is C27H20IN3O4. The summed E-state index contributed by atoms with van der Waals surface area (Å²) in [5.41, 5.74) is 4.06. The fourth-order valence-electron chi connectivity index (χ4n) is 3.31. The lowest BCUT2D eigenvalue weighted by atomic mass is 10.0. The fourth-order valence-corrected chi connectivity index (χ4v) is 3.94. The summed E-state index contributed by atoms with van der Waals surface area (Å²) in [6.45, 7) is -0.204. The van der Waals surface area contributed by atoms with Crippen LogP contribution in [0.5, 0.6) is 5.75 Å². The number of hydrogen-bond acceptors (Lipinski definition) is 5. The molecule has 0 bridgehead atoms. The van der Waals surface area contributed by atoms with E-state index >= 15 is 0 Å². The van der Waals surface area contributed by atoms with Gasteiger partial charge in [0.1, 0.15) is 5.75 Å². The first kappa shape index (κ1) is 24.1. The quantitative estimate of drug-likeness (QED) is 0.111. The molecule has 4 aromatic rings. The SMILES string of the molecule is O=C(CNC(=O)c1ccccc1I)N/N=C\c1ccc(OC(=O)c2cccc3ccccc23)cc1. The molecule has 4 rings (SSSR count). The molecule has 0 heterocycles. The Labute approximate surface area is 215 Å². The molecule has 0 aliphatic rings. The van der Waals surface area contributed by atoms with Gasteiger partial charge in [-0.2, -0.15) is 5.10 Å². The van der Waals surface area contributed by atoms with Gasteiger partial charge in [0.2, 0.25) is 0 Å². The maximum absolute atomic E-state index is 12.7.